The van der Waals surface area contributed by atoms with Gasteiger partial charge in [0.2, 0.25) is 0 Å². The van der Waals surface area contributed by atoms with Crippen LogP contribution in [0.2, 0.25) is 0 Å². The molecule has 0 amide bonds. The van der Waals surface area contributed by atoms with Crippen molar-refractivity contribution in [2.24, 2.45) is 0 Å². The molecular formula is C5H6Cl4O6S3. The lowest BCUT2D eigenvalue weighted by atomic mass is 10.2. The molecule has 13 heteroatoms. The van der Waals surface area contributed by atoms with Crippen molar-refractivity contribution in [2.45, 2.75) is 18.5 Å². The summed E-state index contributed by atoms with van der Waals surface area (Å²) in [5, 5.41) is 0. The van der Waals surface area contributed by atoms with Crippen LogP contribution in [0.15, 0.2) is 0 Å². The van der Waals surface area contributed by atoms with Gasteiger partial charge in [-0.2, -0.15) is 16.8 Å². The fraction of sp³-hybridized carbons (Fsp3) is 1.00. The quantitative estimate of drug-likeness (QED) is 0.539. The first-order valence-electron chi connectivity index (χ1n) is 4.04. The fourth-order valence-electron chi connectivity index (χ4n) is 1.39. The van der Waals surface area contributed by atoms with Gasteiger partial charge in [0.15, 0.2) is 8.67 Å². The molecule has 108 valence electrons. The molecule has 0 unspecified atom stereocenters. The summed E-state index contributed by atoms with van der Waals surface area (Å²) in [6.45, 7) is 0. The Morgan fingerprint density at radius 2 is 1.33 bits per heavy atom. The number of hydrogen-bond donors (Lipinski definition) is 2. The molecule has 1 aliphatic heterocycles. The van der Waals surface area contributed by atoms with E-state index in [1.165, 1.54) is 0 Å². The van der Waals surface area contributed by atoms with Gasteiger partial charge in [0, 0.05) is 0 Å². The summed E-state index contributed by atoms with van der Waals surface area (Å²) in [5.74, 6) is -0.215. The van der Waals surface area contributed by atoms with Crippen LogP contribution in [0.1, 0.15) is 6.42 Å². The minimum Gasteiger partial charge on any atom is -0.284 e. The van der Waals surface area contributed by atoms with E-state index in [4.69, 9.17) is 55.5 Å². The highest BCUT2D eigenvalue weighted by Crippen LogP contribution is 2.63. The molecule has 0 bridgehead atoms. The lowest BCUT2D eigenvalue weighted by Crippen LogP contribution is -2.64. The third kappa shape index (κ3) is 2.25. The maximum atomic E-state index is 11.4. The molecule has 1 heterocycles. The second-order valence-electron chi connectivity index (χ2n) is 3.38. The summed E-state index contributed by atoms with van der Waals surface area (Å²) < 4.78 is 55.3. The van der Waals surface area contributed by atoms with Crippen LogP contribution in [0.4, 0.5) is 0 Å². The molecular weight excluding hydrogens is 394 g/mol. The van der Waals surface area contributed by atoms with E-state index in [0.717, 1.165) is 0 Å². The molecule has 0 atom stereocenters. The number of hydrogen-bond acceptors (Lipinski definition) is 5. The first-order valence-corrected chi connectivity index (χ1v) is 9.42. The lowest BCUT2D eigenvalue weighted by Gasteiger charge is -2.46. The van der Waals surface area contributed by atoms with E-state index in [0.29, 0.717) is 0 Å². The molecule has 0 radical (unpaired) electrons. The maximum Gasteiger partial charge on any atom is 0.302 e. The van der Waals surface area contributed by atoms with Crippen molar-refractivity contribution in [3.8, 4) is 0 Å². The first kappa shape index (κ1) is 17.4. The van der Waals surface area contributed by atoms with Gasteiger partial charge >= 0.3 is 23.6 Å². The molecule has 0 aromatic carbocycles. The van der Waals surface area contributed by atoms with Gasteiger partial charge in [0.25, 0.3) is 0 Å². The Bertz CT molecular complexity index is 520. The van der Waals surface area contributed by atoms with Crippen LogP contribution in [0.25, 0.3) is 0 Å². The molecule has 0 aliphatic carbocycles. The summed E-state index contributed by atoms with van der Waals surface area (Å²) in [6, 6.07) is 0. The molecule has 0 aromatic heterocycles. The Morgan fingerprint density at radius 1 is 0.944 bits per heavy atom. The molecule has 6 nitrogen and oxygen atoms in total. The molecule has 1 aliphatic rings. The van der Waals surface area contributed by atoms with Crippen LogP contribution in [0, 0.1) is 0 Å². The molecule has 1 saturated heterocycles. The molecule has 2 N–H and O–H groups in total. The van der Waals surface area contributed by atoms with E-state index in [1.807, 2.05) is 0 Å². The Morgan fingerprint density at radius 3 is 1.61 bits per heavy atom. The van der Waals surface area contributed by atoms with Crippen molar-refractivity contribution in [2.75, 3.05) is 5.75 Å². The molecule has 0 spiro atoms. The van der Waals surface area contributed by atoms with Crippen molar-refractivity contribution >= 4 is 78.4 Å². The van der Waals surface area contributed by atoms with Gasteiger partial charge < -0.3 is 0 Å². The van der Waals surface area contributed by atoms with E-state index in [-0.39, 0.29) is 23.9 Å². The summed E-state index contributed by atoms with van der Waals surface area (Å²) in [5.41, 5.74) is 0. The van der Waals surface area contributed by atoms with Gasteiger partial charge in [-0.1, -0.05) is 46.4 Å². The van der Waals surface area contributed by atoms with Crippen molar-refractivity contribution < 1.29 is 25.9 Å². The van der Waals surface area contributed by atoms with Crippen LogP contribution in [0.3, 0.4) is 0 Å². The van der Waals surface area contributed by atoms with Gasteiger partial charge in [0.1, 0.15) is 0 Å². The van der Waals surface area contributed by atoms with Crippen LogP contribution in [-0.4, -0.2) is 43.8 Å². The number of halogens is 4. The van der Waals surface area contributed by atoms with E-state index < -0.39 is 32.3 Å². The van der Waals surface area contributed by atoms with Crippen LogP contribution >= 0.6 is 58.2 Å². The highest BCUT2D eigenvalue weighted by molar-refractivity contribution is 8.26. The highest BCUT2D eigenvalue weighted by atomic mass is 35.5. The minimum absolute atomic E-state index is 0.125. The van der Waals surface area contributed by atoms with Gasteiger partial charge in [0.05, 0.1) is 0 Å². The van der Waals surface area contributed by atoms with Gasteiger partial charge in [-0.15, -0.1) is 11.8 Å². The molecule has 1 fully saturated rings. The standard InChI is InChI=1S/C5H6Cl4O6S3/c6-3(7)1-2-16-5(4(3,8)9,17(10,11)12)18(13,14)15/h1-2H2,(H,10,11,12)(H,13,14,15). The van der Waals surface area contributed by atoms with Crippen molar-refractivity contribution in [3.63, 3.8) is 0 Å². The van der Waals surface area contributed by atoms with Gasteiger partial charge in [-0.05, 0) is 12.2 Å². The zero-order chi connectivity index (χ0) is 14.6. The summed E-state index contributed by atoms with van der Waals surface area (Å²) in [4.78, 5) is 0. The van der Waals surface area contributed by atoms with E-state index >= 15 is 0 Å². The smallest absolute Gasteiger partial charge is 0.284 e. The third-order valence-electron chi connectivity index (χ3n) is 2.23. The van der Waals surface area contributed by atoms with E-state index in [2.05, 4.69) is 0 Å². The molecule has 18 heavy (non-hydrogen) atoms. The molecule has 0 aromatic rings. The van der Waals surface area contributed by atoms with Crippen LogP contribution < -0.4 is 0 Å². The third-order valence-corrected chi connectivity index (χ3v) is 11.7. The Balaban J connectivity index is 3.76. The molecule has 0 saturated carbocycles. The Kier molecular flexibility index (Phi) is 4.51. The second kappa shape index (κ2) is 4.67. The lowest BCUT2D eigenvalue weighted by molar-refractivity contribution is 0.429. The summed E-state index contributed by atoms with van der Waals surface area (Å²) in [7, 11) is -10.9. The maximum absolute atomic E-state index is 11.4. The van der Waals surface area contributed by atoms with Crippen molar-refractivity contribution in [3.05, 3.63) is 0 Å². The van der Waals surface area contributed by atoms with Crippen molar-refractivity contribution in [1.29, 1.82) is 0 Å². The minimum atomic E-state index is -5.43. The Hall–Kier alpha value is 1.33. The van der Waals surface area contributed by atoms with Gasteiger partial charge in [-0.3, -0.25) is 9.11 Å². The predicted molar refractivity (Wildman–Crippen MR) is 71.8 cm³/mol. The monoisotopic (exact) mass is 398 g/mol. The first-order chi connectivity index (χ1) is 7.71. The number of rotatable bonds is 2. The zero-order valence-electron chi connectivity index (χ0n) is 8.18. The SMILES string of the molecule is O=S(=O)(O)C1(S(=O)(=O)O)SCCC(Cl)(Cl)C1(Cl)Cl. The van der Waals surface area contributed by atoms with Crippen LogP contribution in [-0.2, 0) is 20.2 Å². The van der Waals surface area contributed by atoms with Crippen molar-refractivity contribution in [1.82, 2.24) is 0 Å². The van der Waals surface area contributed by atoms with Crippen LogP contribution in [0.5, 0.6) is 0 Å². The highest BCUT2D eigenvalue weighted by Gasteiger charge is 2.76. The topological polar surface area (TPSA) is 109 Å². The average Bonchev–Trinajstić information content (AvgIpc) is 2.04. The summed E-state index contributed by atoms with van der Waals surface area (Å²) >= 11 is 22.8. The molecule has 1 rings (SSSR count). The number of thioether (sulfide) groups is 1. The predicted octanol–water partition coefficient (Wildman–Crippen LogP) is 1.90. The zero-order valence-corrected chi connectivity index (χ0v) is 13.7. The number of alkyl halides is 4. The Labute approximate surface area is 128 Å². The second-order valence-corrected chi connectivity index (χ2v) is 11.4. The van der Waals surface area contributed by atoms with Gasteiger partial charge in [-0.25, -0.2) is 0 Å². The largest absolute Gasteiger partial charge is 0.302 e. The summed E-state index contributed by atoms with van der Waals surface area (Å²) in [6.07, 6.45) is -0.152. The van der Waals surface area contributed by atoms with E-state index in [9.17, 15) is 16.8 Å². The normalized spacial score (nSPS) is 26.8. The fourth-order valence-corrected chi connectivity index (χ4v) is 8.90. The average molecular weight is 400 g/mol. The van der Waals surface area contributed by atoms with E-state index in [1.54, 1.807) is 0 Å².